The summed E-state index contributed by atoms with van der Waals surface area (Å²) in [6.45, 7) is 0. The second-order valence-electron chi connectivity index (χ2n) is 4.51. The van der Waals surface area contributed by atoms with Crippen molar-refractivity contribution in [2.45, 2.75) is 18.8 Å². The second-order valence-corrected chi connectivity index (χ2v) is 6.88. The van der Waals surface area contributed by atoms with Gasteiger partial charge in [-0.15, -0.1) is 0 Å². The normalized spacial score (nSPS) is 14.7. The fourth-order valence-corrected chi connectivity index (χ4v) is 3.48. The number of hydrogen-bond donors (Lipinski definition) is 1. The van der Waals surface area contributed by atoms with Crippen LogP contribution in [0.15, 0.2) is 27.5 Å². The van der Waals surface area contributed by atoms with Crippen molar-refractivity contribution in [3.8, 4) is 11.4 Å². The van der Waals surface area contributed by atoms with E-state index >= 15 is 0 Å². The van der Waals surface area contributed by atoms with E-state index in [1.165, 1.54) is 0 Å². The van der Waals surface area contributed by atoms with Gasteiger partial charge >= 0.3 is 0 Å². The average molecular weight is 451 g/mol. The van der Waals surface area contributed by atoms with Crippen molar-refractivity contribution in [2.24, 2.45) is 0 Å². The Bertz CT molecular complexity index is 712. The summed E-state index contributed by atoms with van der Waals surface area (Å²) in [5.41, 5.74) is 1.69. The third-order valence-corrected chi connectivity index (χ3v) is 4.97. The summed E-state index contributed by atoms with van der Waals surface area (Å²) in [6, 6.07) is 5.44. The van der Waals surface area contributed by atoms with E-state index in [1.807, 2.05) is 6.07 Å². The summed E-state index contributed by atoms with van der Waals surface area (Å²) in [5.74, 6) is 1.04. The molecule has 6 heteroatoms. The monoisotopic (exact) mass is 450 g/mol. The standard InChI is InChI=1S/C13H9BrClIN2O/c14-9-5-7(15)3-4-8(9)12-17-11(6-1-2-6)10(16)13(19)18-12/h3-6H,1-2H2,(H,17,18,19). The number of aromatic nitrogens is 2. The molecule has 1 saturated carbocycles. The molecule has 0 spiro atoms. The Balaban J connectivity index is 2.17. The number of nitrogens with zero attached hydrogens (tertiary/aromatic N) is 1. The minimum Gasteiger partial charge on any atom is -0.306 e. The minimum atomic E-state index is -0.0747. The van der Waals surface area contributed by atoms with Gasteiger partial charge in [-0.25, -0.2) is 4.98 Å². The highest BCUT2D eigenvalue weighted by Crippen LogP contribution is 2.41. The Morgan fingerprint density at radius 1 is 1.42 bits per heavy atom. The maximum Gasteiger partial charge on any atom is 0.264 e. The fourth-order valence-electron chi connectivity index (χ4n) is 1.91. The zero-order valence-electron chi connectivity index (χ0n) is 9.71. The molecule has 2 aromatic rings. The molecule has 0 aliphatic heterocycles. The van der Waals surface area contributed by atoms with Gasteiger partial charge in [-0.3, -0.25) is 4.79 Å². The van der Waals surface area contributed by atoms with E-state index < -0.39 is 0 Å². The Hall–Kier alpha value is -0.400. The van der Waals surface area contributed by atoms with Crippen molar-refractivity contribution >= 4 is 50.1 Å². The number of H-pyrrole nitrogens is 1. The Kier molecular flexibility index (Phi) is 3.70. The highest BCUT2D eigenvalue weighted by molar-refractivity contribution is 14.1. The number of nitrogens with one attached hydrogen (secondary N) is 1. The zero-order valence-corrected chi connectivity index (χ0v) is 14.2. The van der Waals surface area contributed by atoms with Gasteiger partial charge in [0.15, 0.2) is 0 Å². The molecule has 0 saturated heterocycles. The largest absolute Gasteiger partial charge is 0.306 e. The first-order valence-electron chi connectivity index (χ1n) is 5.81. The van der Waals surface area contributed by atoms with Gasteiger partial charge in [-0.1, -0.05) is 11.6 Å². The van der Waals surface area contributed by atoms with Crippen LogP contribution in [0.5, 0.6) is 0 Å². The predicted octanol–water partition coefficient (Wildman–Crippen LogP) is 4.33. The van der Waals surface area contributed by atoms with E-state index in [0.717, 1.165) is 28.6 Å². The summed E-state index contributed by atoms with van der Waals surface area (Å²) >= 11 is 11.5. The molecule has 0 amide bonds. The average Bonchev–Trinajstić information content (AvgIpc) is 3.17. The zero-order chi connectivity index (χ0) is 13.6. The highest BCUT2D eigenvalue weighted by atomic mass is 127. The number of halogens is 3. The molecule has 1 N–H and O–H groups in total. The van der Waals surface area contributed by atoms with Crippen LogP contribution in [0.1, 0.15) is 24.5 Å². The minimum absolute atomic E-state index is 0.0747. The van der Waals surface area contributed by atoms with Gasteiger partial charge in [0, 0.05) is 21.0 Å². The maximum atomic E-state index is 12.0. The van der Waals surface area contributed by atoms with Crippen molar-refractivity contribution in [1.82, 2.24) is 9.97 Å². The first-order valence-corrected chi connectivity index (χ1v) is 8.06. The number of benzene rings is 1. The maximum absolute atomic E-state index is 12.0. The molecule has 1 fully saturated rings. The molecule has 1 aliphatic carbocycles. The van der Waals surface area contributed by atoms with Crippen LogP contribution in [0.4, 0.5) is 0 Å². The van der Waals surface area contributed by atoms with E-state index in [0.29, 0.717) is 20.3 Å². The quantitative estimate of drug-likeness (QED) is 0.691. The number of hydrogen-bond acceptors (Lipinski definition) is 2. The first-order chi connectivity index (χ1) is 9.06. The summed E-state index contributed by atoms with van der Waals surface area (Å²) in [4.78, 5) is 19.4. The van der Waals surface area contributed by atoms with E-state index in [1.54, 1.807) is 12.1 Å². The highest BCUT2D eigenvalue weighted by Gasteiger charge is 2.29. The van der Waals surface area contributed by atoms with Gasteiger partial charge in [-0.05, 0) is 69.6 Å². The lowest BCUT2D eigenvalue weighted by Crippen LogP contribution is -2.16. The molecular weight excluding hydrogens is 442 g/mol. The van der Waals surface area contributed by atoms with Crippen LogP contribution >= 0.6 is 50.1 Å². The van der Waals surface area contributed by atoms with Crippen LogP contribution in [-0.4, -0.2) is 9.97 Å². The molecule has 1 aromatic carbocycles. The molecule has 0 bridgehead atoms. The summed E-state index contributed by atoms with van der Waals surface area (Å²) in [5, 5.41) is 0.644. The summed E-state index contributed by atoms with van der Waals surface area (Å²) in [7, 11) is 0. The molecule has 3 nitrogen and oxygen atoms in total. The molecule has 1 heterocycles. The van der Waals surface area contributed by atoms with Crippen LogP contribution in [0.3, 0.4) is 0 Å². The van der Waals surface area contributed by atoms with Gasteiger partial charge in [0.05, 0.1) is 9.26 Å². The van der Waals surface area contributed by atoms with Gasteiger partial charge < -0.3 is 4.98 Å². The molecule has 1 aliphatic rings. The SMILES string of the molecule is O=c1[nH]c(-c2ccc(Cl)cc2Br)nc(C2CC2)c1I. The fraction of sp³-hybridized carbons (Fsp3) is 0.231. The van der Waals surface area contributed by atoms with Crippen LogP contribution in [0.2, 0.25) is 5.02 Å². The van der Waals surface area contributed by atoms with Gasteiger partial charge in [0.2, 0.25) is 0 Å². The second kappa shape index (κ2) is 5.18. The van der Waals surface area contributed by atoms with Crippen LogP contribution in [-0.2, 0) is 0 Å². The smallest absolute Gasteiger partial charge is 0.264 e. The van der Waals surface area contributed by atoms with Gasteiger partial charge in [-0.2, -0.15) is 0 Å². The third-order valence-electron chi connectivity index (χ3n) is 3.04. The molecule has 1 aromatic heterocycles. The van der Waals surface area contributed by atoms with E-state index in [4.69, 9.17) is 11.6 Å². The van der Waals surface area contributed by atoms with Crippen molar-refractivity contribution in [3.05, 3.63) is 47.3 Å². The van der Waals surface area contributed by atoms with Crippen molar-refractivity contribution in [2.75, 3.05) is 0 Å². The lowest BCUT2D eigenvalue weighted by atomic mass is 10.2. The summed E-state index contributed by atoms with van der Waals surface area (Å²) < 4.78 is 1.53. The lowest BCUT2D eigenvalue weighted by molar-refractivity contribution is 0.957. The Morgan fingerprint density at radius 3 is 2.79 bits per heavy atom. The molecule has 0 unspecified atom stereocenters. The van der Waals surface area contributed by atoms with Crippen LogP contribution < -0.4 is 5.56 Å². The molecule has 0 radical (unpaired) electrons. The third kappa shape index (κ3) is 2.73. The summed E-state index contributed by atoms with van der Waals surface area (Å²) in [6.07, 6.45) is 2.24. The Morgan fingerprint density at radius 2 is 2.16 bits per heavy atom. The number of rotatable bonds is 2. The van der Waals surface area contributed by atoms with E-state index in [-0.39, 0.29) is 5.56 Å². The van der Waals surface area contributed by atoms with E-state index in [2.05, 4.69) is 48.5 Å². The molecule has 3 rings (SSSR count). The van der Waals surface area contributed by atoms with Crippen LogP contribution in [0.25, 0.3) is 11.4 Å². The van der Waals surface area contributed by atoms with Crippen molar-refractivity contribution in [3.63, 3.8) is 0 Å². The van der Waals surface area contributed by atoms with Crippen molar-refractivity contribution in [1.29, 1.82) is 0 Å². The molecule has 0 atom stereocenters. The number of aromatic amines is 1. The lowest BCUT2D eigenvalue weighted by Gasteiger charge is -2.08. The molecule has 98 valence electrons. The van der Waals surface area contributed by atoms with Gasteiger partial charge in [0.1, 0.15) is 5.82 Å². The molecule has 19 heavy (non-hydrogen) atoms. The Labute approximate surface area is 137 Å². The van der Waals surface area contributed by atoms with Crippen LogP contribution in [0, 0.1) is 3.57 Å². The topological polar surface area (TPSA) is 45.8 Å². The molecular formula is C13H9BrClIN2O. The predicted molar refractivity (Wildman–Crippen MR) is 87.7 cm³/mol. The van der Waals surface area contributed by atoms with Gasteiger partial charge in [0.25, 0.3) is 5.56 Å². The van der Waals surface area contributed by atoms with Crippen molar-refractivity contribution < 1.29 is 0 Å². The van der Waals surface area contributed by atoms with E-state index in [9.17, 15) is 4.79 Å². The first kappa shape index (κ1) is 13.6.